The Hall–Kier alpha value is -1.25. The molecule has 0 unspecified atom stereocenters. The van der Waals surface area contributed by atoms with E-state index in [0.717, 1.165) is 5.57 Å². The van der Waals surface area contributed by atoms with E-state index < -0.39 is 67.5 Å². The summed E-state index contributed by atoms with van der Waals surface area (Å²) in [4.78, 5) is 11.9. The van der Waals surface area contributed by atoms with Gasteiger partial charge in [0.05, 0.1) is 18.8 Å². The molecule has 0 bridgehead atoms. The quantitative estimate of drug-likeness (QED) is 0.233. The number of hydrogen-bond donors (Lipinski definition) is 6. The summed E-state index contributed by atoms with van der Waals surface area (Å²) in [5.74, 6) is 0.113. The first kappa shape index (κ1) is 29.3. The minimum atomic E-state index is -1.59. The molecule has 0 amide bonds. The summed E-state index contributed by atoms with van der Waals surface area (Å²) in [5.41, 5.74) is 0.686. The summed E-state index contributed by atoms with van der Waals surface area (Å²) in [6, 6.07) is 0. The van der Waals surface area contributed by atoms with Crippen LogP contribution in [0.2, 0.25) is 0 Å². The molecule has 0 radical (unpaired) electrons. The van der Waals surface area contributed by atoms with Gasteiger partial charge in [0.1, 0.15) is 42.7 Å². The van der Waals surface area contributed by atoms with Gasteiger partial charge in [-0.2, -0.15) is 0 Å². The Kier molecular flexibility index (Phi) is 9.48. The highest BCUT2D eigenvalue weighted by molar-refractivity contribution is 5.92. The van der Waals surface area contributed by atoms with Crippen molar-refractivity contribution in [2.45, 2.75) is 109 Å². The molecule has 0 aromatic carbocycles. The Labute approximate surface area is 210 Å². The minimum Gasteiger partial charge on any atom is -0.388 e. The highest BCUT2D eigenvalue weighted by atomic mass is 16.7. The van der Waals surface area contributed by atoms with Crippen molar-refractivity contribution in [3.8, 4) is 0 Å². The van der Waals surface area contributed by atoms with Crippen LogP contribution in [0.5, 0.6) is 0 Å². The molecule has 2 saturated heterocycles. The number of aliphatic hydroxyl groups excluding tert-OH is 6. The number of carbonyl (C=O) groups is 1. The second-order valence-electron chi connectivity index (χ2n) is 10.8. The molecule has 3 aliphatic rings. The van der Waals surface area contributed by atoms with E-state index in [-0.39, 0.29) is 23.7 Å². The standard InChI is InChI=1S/C25H40O11/c1-11-8-14(26)9-25(4,5)15(11)7-6-12(2)34-24-22(32)20(30)18(28)16(36-24)10-33-23-21(31)19(29)17(27)13(3)35-23/h6-8,12-13,15-24,27-32H,9-10H2,1-5H3/b7-6+/t12-,13-,15-,16-,17-,18+,19-,20-,21+,22-,23+,24+/m0/s1. The lowest BCUT2D eigenvalue weighted by Crippen LogP contribution is -2.61. The second-order valence-corrected chi connectivity index (χ2v) is 10.8. The third-order valence-electron chi connectivity index (χ3n) is 7.18. The third-order valence-corrected chi connectivity index (χ3v) is 7.18. The maximum absolute atomic E-state index is 11.9. The highest BCUT2D eigenvalue weighted by Crippen LogP contribution is 2.40. The van der Waals surface area contributed by atoms with Crippen LogP contribution in [0, 0.1) is 11.3 Å². The topological polar surface area (TPSA) is 175 Å². The van der Waals surface area contributed by atoms with Crippen LogP contribution in [-0.2, 0) is 23.7 Å². The van der Waals surface area contributed by atoms with Crippen molar-refractivity contribution in [3.63, 3.8) is 0 Å². The zero-order valence-corrected chi connectivity index (χ0v) is 21.3. The van der Waals surface area contributed by atoms with Gasteiger partial charge in [0, 0.05) is 12.3 Å². The van der Waals surface area contributed by atoms with Crippen LogP contribution in [0.25, 0.3) is 0 Å². The molecule has 3 rings (SSSR count). The Balaban J connectivity index is 1.61. The summed E-state index contributed by atoms with van der Waals surface area (Å²) in [6.45, 7) is 8.82. The average Bonchev–Trinajstić information content (AvgIpc) is 2.78. The van der Waals surface area contributed by atoms with Crippen LogP contribution >= 0.6 is 0 Å². The molecule has 2 heterocycles. The van der Waals surface area contributed by atoms with Crippen LogP contribution in [-0.4, -0.2) is 111 Å². The number of allylic oxidation sites excluding steroid dienone is 3. The molecule has 2 fully saturated rings. The molecule has 11 nitrogen and oxygen atoms in total. The first-order valence-electron chi connectivity index (χ1n) is 12.3. The zero-order chi connectivity index (χ0) is 26.9. The molecule has 0 spiro atoms. The second kappa shape index (κ2) is 11.6. The molecule has 36 heavy (non-hydrogen) atoms. The van der Waals surface area contributed by atoms with Crippen molar-refractivity contribution in [2.24, 2.45) is 11.3 Å². The van der Waals surface area contributed by atoms with Gasteiger partial charge in [-0.25, -0.2) is 0 Å². The lowest BCUT2D eigenvalue weighted by molar-refractivity contribution is -0.330. The lowest BCUT2D eigenvalue weighted by atomic mass is 9.68. The van der Waals surface area contributed by atoms with E-state index in [0.29, 0.717) is 6.42 Å². The number of aliphatic hydroxyl groups is 6. The van der Waals surface area contributed by atoms with E-state index in [1.807, 2.05) is 26.8 Å². The monoisotopic (exact) mass is 516 g/mol. The largest absolute Gasteiger partial charge is 0.388 e. The summed E-state index contributed by atoms with van der Waals surface area (Å²) < 4.78 is 22.3. The third kappa shape index (κ3) is 6.41. The molecule has 206 valence electrons. The Morgan fingerprint density at radius 1 is 1.00 bits per heavy atom. The van der Waals surface area contributed by atoms with Crippen molar-refractivity contribution in [2.75, 3.05) is 6.61 Å². The molecule has 11 heteroatoms. The van der Waals surface area contributed by atoms with E-state index >= 15 is 0 Å². The summed E-state index contributed by atoms with van der Waals surface area (Å²) in [5, 5.41) is 61.0. The molecular weight excluding hydrogens is 476 g/mol. The van der Waals surface area contributed by atoms with Crippen molar-refractivity contribution in [1.29, 1.82) is 0 Å². The number of hydrogen-bond acceptors (Lipinski definition) is 11. The first-order valence-corrected chi connectivity index (χ1v) is 12.3. The Bertz CT molecular complexity index is 827. The lowest BCUT2D eigenvalue weighted by Gasteiger charge is -2.42. The normalized spacial score (nSPS) is 44.5. The molecular formula is C25H40O11. The molecule has 12 atom stereocenters. The fourth-order valence-corrected chi connectivity index (χ4v) is 5.01. The number of rotatable bonds is 7. The summed E-state index contributed by atoms with van der Waals surface area (Å²) in [7, 11) is 0. The van der Waals surface area contributed by atoms with E-state index in [2.05, 4.69) is 0 Å². The van der Waals surface area contributed by atoms with E-state index in [1.165, 1.54) is 6.92 Å². The number of carbonyl (C=O) groups excluding carboxylic acids is 1. The fraction of sp³-hybridized carbons (Fsp3) is 0.800. The van der Waals surface area contributed by atoms with Crippen LogP contribution in [0.15, 0.2) is 23.8 Å². The van der Waals surface area contributed by atoms with Crippen molar-refractivity contribution < 1.29 is 54.4 Å². The van der Waals surface area contributed by atoms with Gasteiger partial charge >= 0.3 is 0 Å². The van der Waals surface area contributed by atoms with Crippen molar-refractivity contribution in [1.82, 2.24) is 0 Å². The van der Waals surface area contributed by atoms with Gasteiger partial charge in [0.25, 0.3) is 0 Å². The van der Waals surface area contributed by atoms with Crippen LogP contribution in [0.3, 0.4) is 0 Å². The zero-order valence-electron chi connectivity index (χ0n) is 21.3. The van der Waals surface area contributed by atoms with Gasteiger partial charge in [-0.15, -0.1) is 0 Å². The van der Waals surface area contributed by atoms with Gasteiger partial charge in [0.2, 0.25) is 0 Å². The predicted octanol–water partition coefficient (Wildman–Crippen LogP) is -0.839. The smallest absolute Gasteiger partial charge is 0.187 e. The Morgan fingerprint density at radius 3 is 2.25 bits per heavy atom. The SMILES string of the molecule is CC1=CC(=O)CC(C)(C)[C@H]1/C=C/[C@H](C)O[C@@H]1O[C@@H](CO[C@@H]2O[C@@H](C)[C@H](O)[C@H](O)[C@H]2O)[C@@H](O)[C@H](O)[C@@H]1O. The first-order chi connectivity index (χ1) is 16.7. The molecule has 1 aliphatic carbocycles. The van der Waals surface area contributed by atoms with E-state index in [1.54, 1.807) is 19.1 Å². The number of ketones is 1. The molecule has 6 N–H and O–H groups in total. The van der Waals surface area contributed by atoms with Gasteiger partial charge in [0.15, 0.2) is 18.4 Å². The van der Waals surface area contributed by atoms with E-state index in [4.69, 9.17) is 18.9 Å². The predicted molar refractivity (Wildman–Crippen MR) is 125 cm³/mol. The van der Waals surface area contributed by atoms with Crippen molar-refractivity contribution >= 4 is 5.78 Å². The average molecular weight is 517 g/mol. The van der Waals surface area contributed by atoms with Gasteiger partial charge < -0.3 is 49.6 Å². The maximum Gasteiger partial charge on any atom is 0.187 e. The number of ether oxygens (including phenoxy) is 4. The molecule has 2 aliphatic heterocycles. The van der Waals surface area contributed by atoms with Crippen molar-refractivity contribution in [3.05, 3.63) is 23.8 Å². The molecule has 0 saturated carbocycles. The summed E-state index contributed by atoms with van der Waals surface area (Å²) >= 11 is 0. The van der Waals surface area contributed by atoms with Crippen LogP contribution in [0.4, 0.5) is 0 Å². The van der Waals surface area contributed by atoms with Gasteiger partial charge in [-0.3, -0.25) is 4.79 Å². The van der Waals surface area contributed by atoms with Gasteiger partial charge in [-0.1, -0.05) is 31.6 Å². The maximum atomic E-state index is 11.9. The summed E-state index contributed by atoms with van der Waals surface area (Å²) in [6.07, 6.45) is -8.25. The highest BCUT2D eigenvalue weighted by Gasteiger charge is 2.47. The molecule has 0 aromatic heterocycles. The van der Waals surface area contributed by atoms with E-state index in [9.17, 15) is 35.4 Å². The van der Waals surface area contributed by atoms with Gasteiger partial charge in [-0.05, 0) is 32.3 Å². The van der Waals surface area contributed by atoms with Crippen LogP contribution < -0.4 is 0 Å². The molecule has 0 aromatic rings. The fourth-order valence-electron chi connectivity index (χ4n) is 5.01. The Morgan fingerprint density at radius 2 is 1.61 bits per heavy atom. The van der Waals surface area contributed by atoms with Crippen LogP contribution in [0.1, 0.15) is 41.0 Å². The minimum absolute atomic E-state index is 0.0187.